The lowest BCUT2D eigenvalue weighted by molar-refractivity contribution is -0.137. The van der Waals surface area contributed by atoms with E-state index in [2.05, 4.69) is 23.5 Å². The van der Waals surface area contributed by atoms with Gasteiger partial charge in [-0.3, -0.25) is 4.79 Å². The van der Waals surface area contributed by atoms with Gasteiger partial charge in [-0.25, -0.2) is 19.6 Å². The number of carbonyl (C=O) groups is 3. The van der Waals surface area contributed by atoms with Crippen molar-refractivity contribution in [3.8, 4) is 0 Å². The standard InChI is InChI=1S/C33H32N4O5/c1-7-18-14(3)21-11-23-16(5)20(9-10-27(38)39)30(36-23)29-31-28(32(40)42-33(29)41)17(6)24(37-31)13-26-19(8-2)15(4)22(35-26)12-25(18)34-21/h7,11-13,16,20,36-37H,1,8-10H2,2-6H3,(H,38,39). The number of rotatable bonds is 5. The zero-order valence-corrected chi connectivity index (χ0v) is 24.3. The average Bonchev–Trinajstić information content (AvgIpc) is 3.61. The molecule has 0 spiro atoms. The van der Waals surface area contributed by atoms with Gasteiger partial charge in [-0.05, 0) is 74.1 Å². The summed E-state index contributed by atoms with van der Waals surface area (Å²) in [5.41, 5.74) is 10.5. The van der Waals surface area contributed by atoms with Crippen LogP contribution in [0, 0.1) is 6.92 Å². The number of carboxylic acids is 1. The maximum atomic E-state index is 13.4. The third kappa shape index (κ3) is 4.10. The van der Waals surface area contributed by atoms with E-state index in [4.69, 9.17) is 14.7 Å². The van der Waals surface area contributed by atoms with E-state index in [1.54, 1.807) is 6.08 Å². The van der Waals surface area contributed by atoms with Crippen molar-refractivity contribution in [3.63, 3.8) is 0 Å². The monoisotopic (exact) mass is 564 g/mol. The number of esters is 2. The molecule has 6 heterocycles. The predicted molar refractivity (Wildman–Crippen MR) is 160 cm³/mol. The number of aromatic amines is 2. The second-order valence-electron chi connectivity index (χ2n) is 11.2. The number of carbonyl (C=O) groups excluding carboxylic acids is 2. The molecule has 2 aromatic rings. The van der Waals surface area contributed by atoms with Crippen LogP contribution in [0.15, 0.2) is 30.9 Å². The highest BCUT2D eigenvalue weighted by atomic mass is 16.6. The van der Waals surface area contributed by atoms with Crippen molar-refractivity contribution >= 4 is 51.2 Å². The molecule has 0 radical (unpaired) electrons. The summed E-state index contributed by atoms with van der Waals surface area (Å²) >= 11 is 0. The summed E-state index contributed by atoms with van der Waals surface area (Å²) in [6, 6.07) is 5.84. The lowest BCUT2D eigenvalue weighted by Gasteiger charge is -2.19. The average molecular weight is 565 g/mol. The molecule has 6 rings (SSSR count). The van der Waals surface area contributed by atoms with Crippen molar-refractivity contribution in [3.05, 3.63) is 81.7 Å². The molecule has 0 saturated carbocycles. The molecular weight excluding hydrogens is 532 g/mol. The van der Waals surface area contributed by atoms with E-state index in [0.29, 0.717) is 28.7 Å². The van der Waals surface area contributed by atoms with Crippen molar-refractivity contribution in [2.24, 2.45) is 0 Å². The van der Waals surface area contributed by atoms with E-state index in [0.717, 1.165) is 57.2 Å². The van der Waals surface area contributed by atoms with Crippen molar-refractivity contribution < 1.29 is 24.2 Å². The zero-order chi connectivity index (χ0) is 30.0. The molecule has 3 N–H and O–H groups in total. The topological polar surface area (TPSA) is 138 Å². The van der Waals surface area contributed by atoms with E-state index >= 15 is 0 Å². The fraction of sp³-hybridized carbons (Fsp3) is 0.303. The molecule has 0 fully saturated rings. The first-order valence-electron chi connectivity index (χ1n) is 14.1. The van der Waals surface area contributed by atoms with Crippen LogP contribution in [0.25, 0.3) is 33.3 Å². The van der Waals surface area contributed by atoms with Crippen LogP contribution in [0.4, 0.5) is 0 Å². The molecule has 8 bridgehead atoms. The number of allylic oxidation sites excluding steroid dienone is 5. The van der Waals surface area contributed by atoms with Gasteiger partial charge in [0.2, 0.25) is 0 Å². The number of aliphatic carboxylic acids is 1. The van der Waals surface area contributed by atoms with Crippen molar-refractivity contribution in [2.75, 3.05) is 0 Å². The van der Waals surface area contributed by atoms with Gasteiger partial charge < -0.3 is 19.8 Å². The number of hydrogen-bond acceptors (Lipinski definition) is 6. The Morgan fingerprint density at radius 3 is 2.38 bits per heavy atom. The van der Waals surface area contributed by atoms with Gasteiger partial charge in [0.15, 0.2) is 0 Å². The fourth-order valence-electron chi connectivity index (χ4n) is 6.51. The van der Waals surface area contributed by atoms with Crippen LogP contribution in [-0.2, 0) is 9.53 Å². The number of H-pyrrole nitrogens is 2. The minimum Gasteiger partial charge on any atom is -0.481 e. The lowest BCUT2D eigenvalue weighted by Crippen LogP contribution is -2.21. The third-order valence-corrected chi connectivity index (χ3v) is 8.91. The smallest absolute Gasteiger partial charge is 0.349 e. The summed E-state index contributed by atoms with van der Waals surface area (Å²) in [7, 11) is 0. The van der Waals surface area contributed by atoms with Crippen LogP contribution in [-0.4, -0.2) is 43.0 Å². The molecule has 2 atom stereocenters. The van der Waals surface area contributed by atoms with Crippen molar-refractivity contribution in [2.45, 2.75) is 65.7 Å². The summed E-state index contributed by atoms with van der Waals surface area (Å²) in [5.74, 6) is -2.92. The third-order valence-electron chi connectivity index (χ3n) is 8.91. The van der Waals surface area contributed by atoms with Gasteiger partial charge >= 0.3 is 17.9 Å². The van der Waals surface area contributed by atoms with Gasteiger partial charge in [-0.2, -0.15) is 0 Å². The molecule has 9 heteroatoms. The summed E-state index contributed by atoms with van der Waals surface area (Å²) in [6.45, 7) is 13.9. The minimum atomic E-state index is -0.926. The number of aromatic nitrogens is 4. The summed E-state index contributed by atoms with van der Waals surface area (Å²) < 4.78 is 5.27. The molecule has 0 aliphatic carbocycles. The van der Waals surface area contributed by atoms with E-state index < -0.39 is 17.9 Å². The molecular formula is C33H32N4O5. The predicted octanol–water partition coefficient (Wildman–Crippen LogP) is 6.87. The number of nitrogens with zero attached hydrogens (tertiary/aromatic N) is 2. The Bertz CT molecular complexity index is 1890. The SMILES string of the molecule is C=CC1=C(C)c2cc3[nH]c(c4c5[nH]c(cc6nc(cc1n2)C(C)=C6CC)c(C)c5C(=O)OC4=O)C(CCC(=O)O)C3C. The Morgan fingerprint density at radius 1 is 1.00 bits per heavy atom. The Hall–Kier alpha value is -4.79. The lowest BCUT2D eigenvalue weighted by atomic mass is 9.85. The number of ether oxygens (including phenoxy) is 1. The summed E-state index contributed by atoms with van der Waals surface area (Å²) in [5, 5.41) is 9.51. The van der Waals surface area contributed by atoms with Crippen LogP contribution >= 0.6 is 0 Å². The zero-order valence-electron chi connectivity index (χ0n) is 24.3. The van der Waals surface area contributed by atoms with Gasteiger partial charge in [-0.15, -0.1) is 0 Å². The van der Waals surface area contributed by atoms with Gasteiger partial charge in [0.25, 0.3) is 0 Å². The van der Waals surface area contributed by atoms with E-state index in [9.17, 15) is 19.5 Å². The first-order valence-corrected chi connectivity index (χ1v) is 14.1. The van der Waals surface area contributed by atoms with Gasteiger partial charge in [0, 0.05) is 40.7 Å². The fourth-order valence-corrected chi connectivity index (χ4v) is 6.51. The molecule has 0 aromatic carbocycles. The van der Waals surface area contributed by atoms with E-state index in [-0.39, 0.29) is 29.4 Å². The molecule has 0 saturated heterocycles. The van der Waals surface area contributed by atoms with Crippen molar-refractivity contribution in [1.82, 2.24) is 19.9 Å². The summed E-state index contributed by atoms with van der Waals surface area (Å²) in [6.07, 6.45) is 2.75. The number of fused-ring (bicyclic) bond motifs is 8. The van der Waals surface area contributed by atoms with Gasteiger partial charge in [0.05, 0.1) is 33.9 Å². The van der Waals surface area contributed by atoms with Gasteiger partial charge in [0.1, 0.15) is 5.56 Å². The van der Waals surface area contributed by atoms with Gasteiger partial charge in [-0.1, -0.05) is 26.5 Å². The van der Waals surface area contributed by atoms with Crippen LogP contribution in [0.3, 0.4) is 0 Å². The van der Waals surface area contributed by atoms with Crippen molar-refractivity contribution in [1.29, 1.82) is 0 Å². The molecule has 0 amide bonds. The largest absolute Gasteiger partial charge is 0.481 e. The van der Waals surface area contributed by atoms with Crippen LogP contribution < -0.4 is 0 Å². The highest BCUT2D eigenvalue weighted by molar-refractivity contribution is 6.18. The highest BCUT2D eigenvalue weighted by Crippen LogP contribution is 2.44. The molecule has 2 unspecified atom stereocenters. The summed E-state index contributed by atoms with van der Waals surface area (Å²) in [4.78, 5) is 54.7. The van der Waals surface area contributed by atoms with Crippen LogP contribution in [0.2, 0.25) is 0 Å². The first-order chi connectivity index (χ1) is 20.0. The molecule has 42 heavy (non-hydrogen) atoms. The number of nitrogens with one attached hydrogen (secondary N) is 2. The van der Waals surface area contributed by atoms with E-state index in [1.807, 2.05) is 45.9 Å². The first kappa shape index (κ1) is 27.4. The maximum absolute atomic E-state index is 13.4. The number of carboxylic acid groups (broad SMARTS) is 1. The maximum Gasteiger partial charge on any atom is 0.349 e. The number of aryl methyl sites for hydroxylation is 1. The second-order valence-corrected chi connectivity index (χ2v) is 11.2. The molecule has 4 aliphatic heterocycles. The normalized spacial score (nSPS) is 18.8. The Balaban J connectivity index is 1.80. The van der Waals surface area contributed by atoms with Crippen LogP contribution in [0.5, 0.6) is 0 Å². The molecule has 214 valence electrons. The van der Waals surface area contributed by atoms with Crippen LogP contribution in [0.1, 0.15) is 119 Å². The molecule has 9 nitrogen and oxygen atoms in total. The quantitative estimate of drug-likeness (QED) is 0.266. The molecule has 2 aromatic heterocycles. The Labute approximate surface area is 242 Å². The molecule has 4 aliphatic rings. The Kier molecular flexibility index (Phi) is 6.48. The Morgan fingerprint density at radius 2 is 1.69 bits per heavy atom. The second kappa shape index (κ2) is 9.94. The minimum absolute atomic E-state index is 0.0817. The number of cyclic esters (lactones) is 2. The highest BCUT2D eigenvalue weighted by Gasteiger charge is 2.38. The number of hydrogen-bond donors (Lipinski definition) is 3. The van der Waals surface area contributed by atoms with E-state index in [1.165, 1.54) is 0 Å².